The summed E-state index contributed by atoms with van der Waals surface area (Å²) in [5.41, 5.74) is 1.10. The predicted molar refractivity (Wildman–Crippen MR) is 102 cm³/mol. The first-order valence-corrected chi connectivity index (χ1v) is 10.6. The first-order chi connectivity index (χ1) is 12.7. The molecule has 0 radical (unpaired) electrons. The van der Waals surface area contributed by atoms with Crippen LogP contribution < -0.4 is 15.5 Å². The molecule has 1 aromatic rings. The van der Waals surface area contributed by atoms with E-state index < -0.39 is 22.1 Å². The van der Waals surface area contributed by atoms with Gasteiger partial charge in [0.25, 0.3) is 5.91 Å². The molecule has 150 valence electrons. The Hall–Kier alpha value is -1.97. The van der Waals surface area contributed by atoms with E-state index in [4.69, 9.17) is 0 Å². The molecule has 0 saturated carbocycles. The average Bonchev–Trinajstić information content (AvgIpc) is 2.67. The third-order valence-corrected chi connectivity index (χ3v) is 6.93. The number of piperazine rings is 1. The number of amides is 3. The first kappa shape index (κ1) is 21.3. The summed E-state index contributed by atoms with van der Waals surface area (Å²) in [4.78, 5) is 24.6. The molecule has 1 aliphatic heterocycles. The topological polar surface area (TPSA) is 100 Å². The Balaban J connectivity index is 1.99. The summed E-state index contributed by atoms with van der Waals surface area (Å²) in [5.74, 6) is -0.0266. The van der Waals surface area contributed by atoms with Gasteiger partial charge in [-0.15, -0.1) is 0 Å². The number of nitrogens with one attached hydrogen (secondary N) is 3. The van der Waals surface area contributed by atoms with Crippen LogP contribution in [0.25, 0.3) is 0 Å². The maximum atomic E-state index is 12.8. The van der Waals surface area contributed by atoms with Crippen LogP contribution in [0.1, 0.15) is 32.3 Å². The summed E-state index contributed by atoms with van der Waals surface area (Å²) in [7, 11) is -2.10. The highest BCUT2D eigenvalue weighted by atomic mass is 32.2. The van der Waals surface area contributed by atoms with Gasteiger partial charge >= 0.3 is 6.03 Å². The van der Waals surface area contributed by atoms with Gasteiger partial charge in [-0.25, -0.2) is 13.2 Å². The molecule has 0 spiro atoms. The molecule has 8 nitrogen and oxygen atoms in total. The van der Waals surface area contributed by atoms with Crippen molar-refractivity contribution in [2.75, 3.05) is 33.2 Å². The van der Waals surface area contributed by atoms with Gasteiger partial charge in [0.05, 0.1) is 31.1 Å². The highest BCUT2D eigenvalue weighted by molar-refractivity contribution is 7.89. The minimum Gasteiger partial charge on any atom is -0.341 e. The fraction of sp³-hybridized carbons (Fsp3) is 0.556. The van der Waals surface area contributed by atoms with Crippen molar-refractivity contribution >= 4 is 22.0 Å². The molecular weight excluding hydrogens is 368 g/mol. The number of nitrogens with zero attached hydrogens (tertiary/aromatic N) is 1. The van der Waals surface area contributed by atoms with Gasteiger partial charge < -0.3 is 10.2 Å². The van der Waals surface area contributed by atoms with Crippen molar-refractivity contribution in [2.45, 2.75) is 37.6 Å². The minimum atomic E-state index is -3.54. The quantitative estimate of drug-likeness (QED) is 0.626. The van der Waals surface area contributed by atoms with E-state index in [1.54, 1.807) is 19.1 Å². The lowest BCUT2D eigenvalue weighted by molar-refractivity contribution is -0.917. The van der Waals surface area contributed by atoms with Gasteiger partial charge in [0.1, 0.15) is 0 Å². The van der Waals surface area contributed by atoms with E-state index in [0.717, 1.165) is 10.5 Å². The maximum absolute atomic E-state index is 12.8. The maximum Gasteiger partial charge on any atom is 0.321 e. The fourth-order valence-electron chi connectivity index (χ4n) is 3.09. The summed E-state index contributed by atoms with van der Waals surface area (Å²) < 4.78 is 27.2. The van der Waals surface area contributed by atoms with Crippen molar-refractivity contribution in [1.82, 2.24) is 14.9 Å². The molecule has 0 aromatic heterocycles. The van der Waals surface area contributed by atoms with Gasteiger partial charge in [-0.3, -0.25) is 10.1 Å². The summed E-state index contributed by atoms with van der Waals surface area (Å²) in [5, 5.41) is 4.61. The molecule has 27 heavy (non-hydrogen) atoms. The lowest BCUT2D eigenvalue weighted by atomic mass is 10.0. The Bertz CT molecular complexity index is 769. The van der Waals surface area contributed by atoms with E-state index in [0.29, 0.717) is 37.0 Å². The summed E-state index contributed by atoms with van der Waals surface area (Å²) in [6.07, 6.45) is 0. The largest absolute Gasteiger partial charge is 0.341 e. The van der Waals surface area contributed by atoms with E-state index in [1.807, 2.05) is 12.1 Å². The third-order valence-electron chi connectivity index (χ3n) is 5.02. The highest BCUT2D eigenvalue weighted by Gasteiger charge is 2.34. The molecule has 0 aliphatic carbocycles. The Morgan fingerprint density at radius 2 is 1.63 bits per heavy atom. The molecule has 1 saturated heterocycles. The van der Waals surface area contributed by atoms with Gasteiger partial charge in [-0.05, 0) is 30.5 Å². The molecule has 0 unspecified atom stereocenters. The molecular formula is C18H29N4O4S+. The molecule has 1 atom stereocenters. The SMILES string of the molecule is CNC(=O)NC(=O)[C@@H](C)[NH+]1CCN(S(=O)(=O)c2ccc(C(C)C)cc2)CC1. The number of rotatable bonds is 5. The second-order valence-electron chi connectivity index (χ2n) is 7.08. The first-order valence-electron chi connectivity index (χ1n) is 9.14. The smallest absolute Gasteiger partial charge is 0.321 e. The van der Waals surface area contributed by atoms with E-state index in [9.17, 15) is 18.0 Å². The van der Waals surface area contributed by atoms with Gasteiger partial charge in [0.2, 0.25) is 10.0 Å². The predicted octanol–water partition coefficient (Wildman–Crippen LogP) is -0.457. The van der Waals surface area contributed by atoms with Crippen molar-refractivity contribution in [3.8, 4) is 0 Å². The van der Waals surface area contributed by atoms with Crippen molar-refractivity contribution in [2.24, 2.45) is 0 Å². The van der Waals surface area contributed by atoms with Crippen LogP contribution in [0.5, 0.6) is 0 Å². The molecule has 1 aromatic carbocycles. The molecule has 1 heterocycles. The molecule has 3 amide bonds. The number of carbonyl (C=O) groups is 2. The monoisotopic (exact) mass is 397 g/mol. The van der Waals surface area contributed by atoms with Crippen LogP contribution in [0.3, 0.4) is 0 Å². The Morgan fingerprint density at radius 3 is 2.11 bits per heavy atom. The highest BCUT2D eigenvalue weighted by Crippen LogP contribution is 2.20. The van der Waals surface area contributed by atoms with E-state index in [-0.39, 0.29) is 5.91 Å². The average molecular weight is 398 g/mol. The number of benzene rings is 1. The van der Waals surface area contributed by atoms with Crippen LogP contribution in [0, 0.1) is 0 Å². The zero-order valence-corrected chi connectivity index (χ0v) is 17.1. The number of quaternary nitrogens is 1. The summed E-state index contributed by atoms with van der Waals surface area (Å²) in [6, 6.07) is 6.04. The summed E-state index contributed by atoms with van der Waals surface area (Å²) in [6.45, 7) is 7.54. The lowest BCUT2D eigenvalue weighted by Crippen LogP contribution is -3.19. The van der Waals surface area contributed by atoms with Crippen molar-refractivity contribution in [3.05, 3.63) is 29.8 Å². The second-order valence-corrected chi connectivity index (χ2v) is 9.01. The molecule has 0 bridgehead atoms. The van der Waals surface area contributed by atoms with Crippen LogP contribution in [-0.2, 0) is 14.8 Å². The number of carbonyl (C=O) groups excluding carboxylic acids is 2. The second kappa shape index (κ2) is 8.81. The van der Waals surface area contributed by atoms with Crippen LogP contribution in [-0.4, -0.2) is 63.9 Å². The Labute approximate surface area is 161 Å². The number of hydrogen-bond acceptors (Lipinski definition) is 4. The van der Waals surface area contributed by atoms with E-state index in [1.165, 1.54) is 11.4 Å². The summed E-state index contributed by atoms with van der Waals surface area (Å²) >= 11 is 0. The zero-order valence-electron chi connectivity index (χ0n) is 16.3. The van der Waals surface area contributed by atoms with Crippen LogP contribution in [0.2, 0.25) is 0 Å². The Morgan fingerprint density at radius 1 is 1.07 bits per heavy atom. The van der Waals surface area contributed by atoms with E-state index in [2.05, 4.69) is 24.5 Å². The van der Waals surface area contributed by atoms with Crippen molar-refractivity contribution < 1.29 is 22.9 Å². The molecule has 3 N–H and O–H groups in total. The minimum absolute atomic E-state index is 0.292. The van der Waals surface area contributed by atoms with Crippen LogP contribution >= 0.6 is 0 Å². The number of urea groups is 1. The molecule has 9 heteroatoms. The number of imide groups is 1. The van der Waals surface area contributed by atoms with Crippen molar-refractivity contribution in [3.63, 3.8) is 0 Å². The van der Waals surface area contributed by atoms with Crippen molar-refractivity contribution in [1.29, 1.82) is 0 Å². The lowest BCUT2D eigenvalue weighted by Gasteiger charge is -2.34. The molecule has 1 aliphatic rings. The number of hydrogen-bond donors (Lipinski definition) is 3. The van der Waals surface area contributed by atoms with Gasteiger partial charge in [-0.1, -0.05) is 26.0 Å². The van der Waals surface area contributed by atoms with Gasteiger partial charge in [-0.2, -0.15) is 4.31 Å². The zero-order chi connectivity index (χ0) is 20.2. The van der Waals surface area contributed by atoms with E-state index >= 15 is 0 Å². The molecule has 2 rings (SSSR count). The normalized spacial score (nSPS) is 17.5. The Kier molecular flexibility index (Phi) is 6.96. The fourth-order valence-corrected chi connectivity index (χ4v) is 4.53. The standard InChI is InChI=1S/C18H28N4O4S/c1-13(2)15-5-7-16(8-6-15)27(25,26)22-11-9-21(10-12-22)14(3)17(23)20-18(24)19-4/h5-8,13-14H,9-12H2,1-4H3,(H2,19,20,23,24)/p+1/t14-/m1/s1. The third kappa shape index (κ3) is 5.06. The van der Waals surface area contributed by atoms with Gasteiger partial charge in [0.15, 0.2) is 6.04 Å². The van der Waals surface area contributed by atoms with Crippen LogP contribution in [0.4, 0.5) is 4.79 Å². The molecule has 1 fully saturated rings. The van der Waals surface area contributed by atoms with Crippen LogP contribution in [0.15, 0.2) is 29.2 Å². The number of sulfonamides is 1. The van der Waals surface area contributed by atoms with Gasteiger partial charge in [0, 0.05) is 7.05 Å².